The van der Waals surface area contributed by atoms with E-state index >= 15 is 0 Å². The summed E-state index contributed by atoms with van der Waals surface area (Å²) in [6.07, 6.45) is 9.55. The third kappa shape index (κ3) is 7.05. The van der Waals surface area contributed by atoms with E-state index in [1.165, 1.54) is 0 Å². The van der Waals surface area contributed by atoms with Crippen LogP contribution in [0.1, 0.15) is 35.5 Å². The summed E-state index contributed by atoms with van der Waals surface area (Å²) < 4.78 is 5.71. The number of aryl methyl sites for hydroxylation is 1. The smallest absolute Gasteiger partial charge is 0.311 e. The van der Waals surface area contributed by atoms with Gasteiger partial charge in [-0.15, -0.1) is 0 Å². The minimum Gasteiger partial charge on any atom is -0.462 e. The molecular weight excluding hydrogens is 518 g/mol. The fourth-order valence-corrected chi connectivity index (χ4v) is 5.09. The summed E-state index contributed by atoms with van der Waals surface area (Å²) in [6.45, 7) is 5.95. The van der Waals surface area contributed by atoms with Crippen molar-refractivity contribution in [3.8, 4) is 11.5 Å². The molecule has 41 heavy (non-hydrogen) atoms. The number of nitrogens with one attached hydrogen (secondary N) is 2. The van der Waals surface area contributed by atoms with E-state index in [0.29, 0.717) is 29.7 Å². The van der Waals surface area contributed by atoms with Crippen molar-refractivity contribution in [2.45, 2.75) is 38.8 Å². The fraction of sp³-hybridized carbons (Fsp3) is 0.367. The number of piperidine rings is 1. The Hall–Kier alpha value is -4.35. The highest BCUT2D eigenvalue weighted by molar-refractivity contribution is 5.74. The first-order chi connectivity index (χ1) is 20.1. The highest BCUT2D eigenvalue weighted by Gasteiger charge is 2.35. The van der Waals surface area contributed by atoms with Gasteiger partial charge in [-0.3, -0.25) is 14.7 Å². The second-order valence-corrected chi connectivity index (χ2v) is 10.6. The number of nitrogens with zero attached hydrogens (tertiary/aromatic N) is 7. The first-order valence-corrected chi connectivity index (χ1v) is 14.0. The second-order valence-electron chi connectivity index (χ2n) is 10.6. The number of hydrogen-bond acceptors (Lipinski definition) is 11. The summed E-state index contributed by atoms with van der Waals surface area (Å²) in [7, 11) is 0. The van der Waals surface area contributed by atoms with Crippen molar-refractivity contribution < 1.29 is 9.53 Å². The van der Waals surface area contributed by atoms with Crippen LogP contribution in [-0.4, -0.2) is 73.1 Å². The zero-order valence-electron chi connectivity index (χ0n) is 23.0. The van der Waals surface area contributed by atoms with Crippen molar-refractivity contribution >= 4 is 17.6 Å². The average Bonchev–Trinajstić information content (AvgIpc) is 2.96. The standard InChI is InChI=1S/C30H33N9O2/c1-20-3-2-4-25(35-20)29-34-12-8-27(38-29)36-26-7-11-33-28(37-26)14-21-13-22(16-32-15-21)17-39-18-23(19-39)30(40)41-24-5-9-31-10-6-24/h2-4,7-8,11-13,15-16,23-24,31H,5-6,9-10,14,17-19H2,1H3,(H,33,34,36,37,38). The Kier molecular flexibility index (Phi) is 8.15. The van der Waals surface area contributed by atoms with Gasteiger partial charge in [0.1, 0.15) is 29.3 Å². The van der Waals surface area contributed by atoms with Crippen molar-refractivity contribution in [3.63, 3.8) is 0 Å². The maximum Gasteiger partial charge on any atom is 0.311 e. The largest absolute Gasteiger partial charge is 0.462 e. The molecule has 0 atom stereocenters. The van der Waals surface area contributed by atoms with E-state index in [9.17, 15) is 4.79 Å². The summed E-state index contributed by atoms with van der Waals surface area (Å²) in [5.41, 5.74) is 3.75. The first-order valence-electron chi connectivity index (χ1n) is 14.0. The Morgan fingerprint density at radius 2 is 1.78 bits per heavy atom. The molecular formula is C30H33N9O2. The van der Waals surface area contributed by atoms with E-state index in [1.807, 2.05) is 37.5 Å². The molecule has 0 saturated carbocycles. The van der Waals surface area contributed by atoms with Crippen molar-refractivity contribution in [2.24, 2.45) is 5.92 Å². The van der Waals surface area contributed by atoms with Crippen LogP contribution in [0.3, 0.4) is 0 Å². The summed E-state index contributed by atoms with van der Waals surface area (Å²) in [4.78, 5) is 41.8. The molecule has 2 aliphatic rings. The molecule has 0 aliphatic carbocycles. The van der Waals surface area contributed by atoms with Crippen LogP contribution in [0, 0.1) is 12.8 Å². The van der Waals surface area contributed by atoms with Crippen molar-refractivity contribution in [3.05, 3.63) is 83.8 Å². The maximum absolute atomic E-state index is 12.5. The molecule has 0 amide bonds. The molecule has 2 aliphatic heterocycles. The molecule has 0 aromatic carbocycles. The molecule has 2 N–H and O–H groups in total. The average molecular weight is 552 g/mol. The number of aromatic nitrogens is 6. The zero-order valence-corrected chi connectivity index (χ0v) is 23.0. The van der Waals surface area contributed by atoms with Gasteiger partial charge in [-0.1, -0.05) is 12.1 Å². The van der Waals surface area contributed by atoms with Gasteiger partial charge in [0.15, 0.2) is 5.82 Å². The maximum atomic E-state index is 12.5. The molecule has 6 heterocycles. The highest BCUT2D eigenvalue weighted by atomic mass is 16.5. The predicted octanol–water partition coefficient (Wildman–Crippen LogP) is 3.09. The number of pyridine rings is 2. The van der Waals surface area contributed by atoms with E-state index in [-0.39, 0.29) is 18.0 Å². The van der Waals surface area contributed by atoms with Crippen molar-refractivity contribution in [1.29, 1.82) is 0 Å². The van der Waals surface area contributed by atoms with Gasteiger partial charge < -0.3 is 15.4 Å². The Balaban J connectivity index is 1.03. The lowest BCUT2D eigenvalue weighted by molar-refractivity contribution is -0.161. The summed E-state index contributed by atoms with van der Waals surface area (Å²) in [5.74, 6) is 2.39. The molecule has 210 valence electrons. The normalized spacial score (nSPS) is 16.2. The Bertz CT molecular complexity index is 1500. The summed E-state index contributed by atoms with van der Waals surface area (Å²) >= 11 is 0. The van der Waals surface area contributed by atoms with Crippen LogP contribution < -0.4 is 10.6 Å². The SMILES string of the molecule is Cc1cccc(-c2nccc(Nc3ccnc(Cc4cncc(CN5CC(C(=O)OC6CCNCC6)C5)c4)n3)n2)n1. The number of carbonyl (C=O) groups is 1. The van der Waals surface area contributed by atoms with E-state index in [2.05, 4.69) is 51.5 Å². The van der Waals surface area contributed by atoms with Crippen LogP contribution in [0.2, 0.25) is 0 Å². The number of carbonyl (C=O) groups excluding carboxylic acids is 1. The van der Waals surface area contributed by atoms with Crippen LogP contribution in [0.4, 0.5) is 11.6 Å². The number of hydrogen-bond donors (Lipinski definition) is 2. The van der Waals surface area contributed by atoms with Crippen LogP contribution in [0.5, 0.6) is 0 Å². The third-order valence-electron chi connectivity index (χ3n) is 7.21. The van der Waals surface area contributed by atoms with Crippen LogP contribution in [-0.2, 0) is 22.5 Å². The van der Waals surface area contributed by atoms with E-state index in [1.54, 1.807) is 24.5 Å². The van der Waals surface area contributed by atoms with Gasteiger partial charge in [0.05, 0.1) is 5.92 Å². The molecule has 4 aromatic heterocycles. The Morgan fingerprint density at radius 3 is 2.61 bits per heavy atom. The predicted molar refractivity (Wildman–Crippen MR) is 153 cm³/mol. The molecule has 0 unspecified atom stereocenters. The molecule has 6 rings (SSSR count). The minimum absolute atomic E-state index is 0.0382. The first kappa shape index (κ1) is 26.9. The molecule has 0 spiro atoms. The van der Waals surface area contributed by atoms with Crippen LogP contribution >= 0.6 is 0 Å². The lowest BCUT2D eigenvalue weighted by Gasteiger charge is -2.38. The van der Waals surface area contributed by atoms with Gasteiger partial charge in [-0.2, -0.15) is 0 Å². The van der Waals surface area contributed by atoms with E-state index in [0.717, 1.165) is 68.1 Å². The highest BCUT2D eigenvalue weighted by Crippen LogP contribution is 2.22. The summed E-state index contributed by atoms with van der Waals surface area (Å²) in [6, 6.07) is 11.5. The molecule has 2 saturated heterocycles. The van der Waals surface area contributed by atoms with E-state index in [4.69, 9.17) is 4.74 Å². The zero-order chi connectivity index (χ0) is 28.0. The van der Waals surface area contributed by atoms with Gasteiger partial charge in [0, 0.05) is 56.5 Å². The van der Waals surface area contributed by atoms with Gasteiger partial charge in [0.2, 0.25) is 0 Å². The van der Waals surface area contributed by atoms with Crippen LogP contribution in [0.25, 0.3) is 11.5 Å². The topological polar surface area (TPSA) is 131 Å². The molecule has 11 heteroatoms. The monoisotopic (exact) mass is 551 g/mol. The van der Waals surface area contributed by atoms with Crippen molar-refractivity contribution in [1.82, 2.24) is 40.1 Å². The number of anilines is 2. The lowest BCUT2D eigenvalue weighted by atomic mass is 9.99. The van der Waals surface area contributed by atoms with Crippen LogP contribution in [0.15, 0.2) is 61.2 Å². The van der Waals surface area contributed by atoms with E-state index < -0.39 is 0 Å². The molecule has 0 bridgehead atoms. The number of ether oxygens (including phenoxy) is 1. The molecule has 0 radical (unpaired) electrons. The Labute approximate surface area is 238 Å². The number of likely N-dealkylation sites (tertiary alicyclic amines) is 1. The Morgan fingerprint density at radius 1 is 1.00 bits per heavy atom. The minimum atomic E-state index is -0.0596. The fourth-order valence-electron chi connectivity index (χ4n) is 5.09. The second kappa shape index (κ2) is 12.4. The quantitative estimate of drug-likeness (QED) is 0.298. The third-order valence-corrected chi connectivity index (χ3v) is 7.21. The van der Waals surface area contributed by atoms with Gasteiger partial charge in [0.25, 0.3) is 0 Å². The lowest BCUT2D eigenvalue weighted by Crippen LogP contribution is -2.51. The number of esters is 1. The molecule has 2 fully saturated rings. The van der Waals surface area contributed by atoms with Gasteiger partial charge in [-0.25, -0.2) is 24.9 Å². The van der Waals surface area contributed by atoms with Crippen molar-refractivity contribution in [2.75, 3.05) is 31.5 Å². The number of rotatable bonds is 9. The van der Waals surface area contributed by atoms with Gasteiger partial charge in [-0.05, 0) is 68.2 Å². The summed E-state index contributed by atoms with van der Waals surface area (Å²) in [5, 5.41) is 6.55. The molecule has 4 aromatic rings. The molecule has 11 nitrogen and oxygen atoms in total. The van der Waals surface area contributed by atoms with Gasteiger partial charge >= 0.3 is 5.97 Å².